The van der Waals surface area contributed by atoms with Gasteiger partial charge in [0.2, 0.25) is 5.88 Å². The van der Waals surface area contributed by atoms with E-state index in [1.54, 1.807) is 35.9 Å². The molecule has 0 saturated heterocycles. The van der Waals surface area contributed by atoms with Crippen LogP contribution in [0.3, 0.4) is 0 Å². The maximum Gasteiger partial charge on any atom is 0.295 e. The van der Waals surface area contributed by atoms with Gasteiger partial charge in [0.1, 0.15) is 0 Å². The molecule has 1 amide bonds. The second-order valence-electron chi connectivity index (χ2n) is 5.36. The van der Waals surface area contributed by atoms with Crippen LogP contribution in [0.5, 0.6) is 5.88 Å². The lowest BCUT2D eigenvalue weighted by Crippen LogP contribution is -1.92. The van der Waals surface area contributed by atoms with Crippen LogP contribution in [0.4, 0.5) is 5.69 Å². The lowest BCUT2D eigenvalue weighted by molar-refractivity contribution is 0.0995. The minimum atomic E-state index is -0.505. The number of aromatic hydroxyl groups is 1. The number of nitrogens with zero attached hydrogens (tertiary/aromatic N) is 3. The van der Waals surface area contributed by atoms with Crippen LogP contribution in [-0.4, -0.2) is 15.6 Å². The molecular weight excluding hydrogens is 394 g/mol. The van der Waals surface area contributed by atoms with Crippen molar-refractivity contribution in [3.8, 4) is 5.88 Å². The number of fused-ring (bicyclic) bond motifs is 1. The number of carbonyl (C=O) groups excluding carboxylic acids is 1. The van der Waals surface area contributed by atoms with Crippen LogP contribution in [0.2, 0.25) is 5.02 Å². The van der Waals surface area contributed by atoms with E-state index >= 15 is 0 Å². The summed E-state index contributed by atoms with van der Waals surface area (Å²) in [4.78, 5) is 12.1. The first-order chi connectivity index (χ1) is 11.4. The zero-order valence-electron chi connectivity index (χ0n) is 12.9. The van der Waals surface area contributed by atoms with Crippen molar-refractivity contribution in [3.63, 3.8) is 0 Å². The second kappa shape index (κ2) is 6.37. The van der Waals surface area contributed by atoms with E-state index in [2.05, 4.69) is 26.2 Å². The summed E-state index contributed by atoms with van der Waals surface area (Å²) in [6.07, 6.45) is 0. The molecule has 1 aromatic heterocycles. The first kappa shape index (κ1) is 16.7. The summed E-state index contributed by atoms with van der Waals surface area (Å²) in [5.74, 6) is -0.548. The van der Waals surface area contributed by atoms with Crippen LogP contribution in [0.1, 0.15) is 15.9 Å². The molecule has 1 heterocycles. The maximum absolute atomic E-state index is 12.1. The molecule has 0 aliphatic heterocycles. The number of halogens is 2. The Morgan fingerprint density at radius 3 is 2.58 bits per heavy atom. The van der Waals surface area contributed by atoms with Crippen LogP contribution in [-0.2, 0) is 7.05 Å². The Hall–Kier alpha value is -2.18. The van der Waals surface area contributed by atoms with Gasteiger partial charge in [0.25, 0.3) is 5.91 Å². The van der Waals surface area contributed by atoms with Gasteiger partial charge >= 0.3 is 0 Å². The molecule has 0 atom stereocenters. The monoisotopic (exact) mass is 405 g/mol. The van der Waals surface area contributed by atoms with Gasteiger partial charge in [0.05, 0.1) is 5.52 Å². The zero-order valence-corrected chi connectivity index (χ0v) is 15.3. The largest absolute Gasteiger partial charge is 0.493 e. The summed E-state index contributed by atoms with van der Waals surface area (Å²) in [6.45, 7) is 1.94. The van der Waals surface area contributed by atoms with E-state index < -0.39 is 5.91 Å². The number of hydrogen-bond donors (Lipinski definition) is 1. The van der Waals surface area contributed by atoms with Crippen molar-refractivity contribution in [1.29, 1.82) is 0 Å². The Labute approximate surface area is 151 Å². The van der Waals surface area contributed by atoms with E-state index in [9.17, 15) is 9.90 Å². The Balaban J connectivity index is 2.05. The van der Waals surface area contributed by atoms with E-state index in [1.165, 1.54) is 0 Å². The fourth-order valence-corrected chi connectivity index (χ4v) is 3.29. The first-order valence-corrected chi connectivity index (χ1v) is 8.24. The lowest BCUT2D eigenvalue weighted by atomic mass is 10.1. The average Bonchev–Trinajstić information content (AvgIpc) is 2.77. The summed E-state index contributed by atoms with van der Waals surface area (Å²) in [5, 5.41) is 19.3. The van der Waals surface area contributed by atoms with Gasteiger partial charge in [-0.15, -0.1) is 10.2 Å². The molecule has 0 bridgehead atoms. The predicted molar refractivity (Wildman–Crippen MR) is 97.3 cm³/mol. The highest BCUT2D eigenvalue weighted by Crippen LogP contribution is 2.40. The normalized spacial score (nSPS) is 11.5. The molecule has 5 nitrogen and oxygen atoms in total. The number of amides is 1. The average molecular weight is 407 g/mol. The molecule has 0 aliphatic rings. The minimum Gasteiger partial charge on any atom is -0.493 e. The molecule has 0 radical (unpaired) electrons. The Kier molecular flexibility index (Phi) is 4.43. The number of hydrogen-bond acceptors (Lipinski definition) is 3. The van der Waals surface area contributed by atoms with Crippen LogP contribution in [0.15, 0.2) is 51.1 Å². The summed E-state index contributed by atoms with van der Waals surface area (Å²) in [5.41, 5.74) is 2.45. The van der Waals surface area contributed by atoms with E-state index in [0.29, 0.717) is 10.6 Å². The van der Waals surface area contributed by atoms with Gasteiger partial charge < -0.3 is 9.67 Å². The number of carbonyl (C=O) groups is 1. The number of benzene rings is 2. The van der Waals surface area contributed by atoms with Crippen molar-refractivity contribution in [2.75, 3.05) is 0 Å². The Bertz CT molecular complexity index is 978. The molecule has 7 heteroatoms. The van der Waals surface area contributed by atoms with Crippen LogP contribution < -0.4 is 0 Å². The van der Waals surface area contributed by atoms with Gasteiger partial charge in [-0.2, -0.15) is 0 Å². The Morgan fingerprint density at radius 1 is 1.25 bits per heavy atom. The van der Waals surface area contributed by atoms with E-state index in [1.807, 2.05) is 19.1 Å². The van der Waals surface area contributed by atoms with Crippen LogP contribution >= 0.6 is 27.5 Å². The van der Waals surface area contributed by atoms with Crippen molar-refractivity contribution in [3.05, 3.63) is 57.0 Å². The lowest BCUT2D eigenvalue weighted by Gasteiger charge is -2.01. The van der Waals surface area contributed by atoms with Gasteiger partial charge in [-0.05, 0) is 48.9 Å². The van der Waals surface area contributed by atoms with E-state index in [0.717, 1.165) is 20.9 Å². The highest BCUT2D eigenvalue weighted by Gasteiger charge is 2.17. The third-order valence-electron chi connectivity index (χ3n) is 3.72. The van der Waals surface area contributed by atoms with Crippen molar-refractivity contribution < 1.29 is 9.90 Å². The second-order valence-corrected chi connectivity index (χ2v) is 6.71. The smallest absolute Gasteiger partial charge is 0.295 e. The summed E-state index contributed by atoms with van der Waals surface area (Å²) < 4.78 is 2.48. The van der Waals surface area contributed by atoms with Gasteiger partial charge in [0.15, 0.2) is 5.69 Å². The third-order valence-corrected chi connectivity index (χ3v) is 4.43. The number of aromatic nitrogens is 1. The molecule has 122 valence electrons. The van der Waals surface area contributed by atoms with E-state index in [-0.39, 0.29) is 11.6 Å². The van der Waals surface area contributed by atoms with Gasteiger partial charge in [0, 0.05) is 27.5 Å². The highest BCUT2D eigenvalue weighted by molar-refractivity contribution is 9.10. The SMILES string of the molecule is Cc1cc(Br)cc2c(N=NC(=O)c3ccc(Cl)cc3)c(O)n(C)c12. The molecule has 0 fully saturated rings. The fraction of sp³-hybridized carbons (Fsp3) is 0.118. The topological polar surface area (TPSA) is 66.9 Å². The highest BCUT2D eigenvalue weighted by atomic mass is 79.9. The van der Waals surface area contributed by atoms with Crippen molar-refractivity contribution in [1.82, 2.24) is 4.57 Å². The summed E-state index contributed by atoms with van der Waals surface area (Å²) >= 11 is 9.23. The van der Waals surface area contributed by atoms with Crippen LogP contribution in [0, 0.1) is 6.92 Å². The van der Waals surface area contributed by atoms with Gasteiger partial charge in [-0.3, -0.25) is 4.79 Å². The minimum absolute atomic E-state index is 0.0427. The number of aryl methyl sites for hydroxylation is 2. The summed E-state index contributed by atoms with van der Waals surface area (Å²) in [6, 6.07) is 10.2. The van der Waals surface area contributed by atoms with E-state index in [4.69, 9.17) is 11.6 Å². The zero-order chi connectivity index (χ0) is 17.4. The quantitative estimate of drug-likeness (QED) is 0.568. The molecule has 0 unspecified atom stereocenters. The molecule has 24 heavy (non-hydrogen) atoms. The van der Waals surface area contributed by atoms with Gasteiger partial charge in [-0.1, -0.05) is 27.5 Å². The molecule has 0 aliphatic carbocycles. The fourth-order valence-electron chi connectivity index (χ4n) is 2.59. The predicted octanol–water partition coefficient (Wildman–Crippen LogP) is 5.53. The summed E-state index contributed by atoms with van der Waals surface area (Å²) in [7, 11) is 1.73. The maximum atomic E-state index is 12.1. The Morgan fingerprint density at radius 2 is 1.92 bits per heavy atom. The van der Waals surface area contributed by atoms with Crippen molar-refractivity contribution >= 4 is 50.0 Å². The standard InChI is InChI=1S/C17H13BrClN3O2/c1-9-7-11(18)8-13-14(17(24)22(2)15(9)13)20-21-16(23)10-3-5-12(19)6-4-10/h3-8,24H,1-2H3. The number of azo groups is 1. The van der Waals surface area contributed by atoms with Crippen molar-refractivity contribution in [2.24, 2.45) is 17.3 Å². The molecule has 3 aromatic rings. The third kappa shape index (κ3) is 2.95. The number of rotatable bonds is 2. The molecule has 0 saturated carbocycles. The molecule has 1 N–H and O–H groups in total. The van der Waals surface area contributed by atoms with Crippen LogP contribution in [0.25, 0.3) is 10.9 Å². The first-order valence-electron chi connectivity index (χ1n) is 7.07. The molecule has 2 aromatic carbocycles. The van der Waals surface area contributed by atoms with Gasteiger partial charge in [-0.25, -0.2) is 0 Å². The molecule has 0 spiro atoms. The molecular formula is C17H13BrClN3O2. The molecule has 3 rings (SSSR count). The van der Waals surface area contributed by atoms with Crippen molar-refractivity contribution in [2.45, 2.75) is 6.92 Å².